The first-order valence-electron chi connectivity index (χ1n) is 7.07. The molecule has 0 aromatic rings. The summed E-state index contributed by atoms with van der Waals surface area (Å²) < 4.78 is 8.21. The highest BCUT2D eigenvalue weighted by molar-refractivity contribution is 6.89. The van der Waals surface area contributed by atoms with E-state index in [1.165, 1.54) is 6.42 Å². The predicted molar refractivity (Wildman–Crippen MR) is 81.7 cm³/mol. The third kappa shape index (κ3) is 4.51. The van der Waals surface area contributed by atoms with Crippen LogP contribution < -0.4 is 0 Å². The number of nitrogens with zero attached hydrogens (tertiary/aromatic N) is 1. The lowest BCUT2D eigenvalue weighted by atomic mass is 10.1. The molecule has 18 heavy (non-hydrogen) atoms. The Hall–Kier alpha value is -0.136. The number of hydrogen-bond acceptors (Lipinski definition) is 3. The average molecular weight is 288 g/mol. The van der Waals surface area contributed by atoms with Gasteiger partial charge in [-0.25, -0.2) is 0 Å². The van der Waals surface area contributed by atoms with Crippen molar-refractivity contribution in [3.63, 3.8) is 0 Å². The summed E-state index contributed by atoms with van der Waals surface area (Å²) in [6.07, 6.45) is 3.93. The highest BCUT2D eigenvalue weighted by Crippen LogP contribution is 2.27. The maximum Gasteiger partial charge on any atom is 0.305 e. The Labute approximate surface area is 114 Å². The number of carbonyl (C=O) groups excluding carboxylic acids is 1. The van der Waals surface area contributed by atoms with E-state index in [0.717, 1.165) is 12.8 Å². The molecule has 1 heterocycles. The molecular formula is C13H29NO2Si2. The van der Waals surface area contributed by atoms with Crippen LogP contribution in [0.4, 0.5) is 0 Å². The number of rotatable bonds is 3. The van der Waals surface area contributed by atoms with Crippen molar-refractivity contribution < 1.29 is 9.53 Å². The smallest absolute Gasteiger partial charge is 0.305 e. The van der Waals surface area contributed by atoms with Gasteiger partial charge in [0.25, 0.3) is 0 Å². The lowest BCUT2D eigenvalue weighted by Gasteiger charge is -2.49. The van der Waals surface area contributed by atoms with E-state index in [-0.39, 0.29) is 5.97 Å². The van der Waals surface area contributed by atoms with Gasteiger partial charge in [0.1, 0.15) is 23.1 Å². The van der Waals surface area contributed by atoms with E-state index in [1.807, 2.05) is 0 Å². The van der Waals surface area contributed by atoms with Crippen molar-refractivity contribution in [2.24, 2.45) is 0 Å². The van der Waals surface area contributed by atoms with E-state index in [9.17, 15) is 4.79 Å². The minimum Gasteiger partial charge on any atom is -0.464 e. The zero-order valence-corrected chi connectivity index (χ0v) is 14.9. The van der Waals surface area contributed by atoms with Gasteiger partial charge in [-0.05, 0) is 12.8 Å². The summed E-state index contributed by atoms with van der Waals surface area (Å²) in [4.78, 5) is 11.5. The first kappa shape index (κ1) is 15.9. The van der Waals surface area contributed by atoms with Crippen LogP contribution in [0.15, 0.2) is 0 Å². The fourth-order valence-corrected chi connectivity index (χ4v) is 13.9. The van der Waals surface area contributed by atoms with Crippen LogP contribution in [0.5, 0.6) is 0 Å². The van der Waals surface area contributed by atoms with Gasteiger partial charge in [-0.15, -0.1) is 0 Å². The summed E-state index contributed by atoms with van der Waals surface area (Å²) in [6, 6.07) is 0.451. The van der Waals surface area contributed by atoms with E-state index >= 15 is 0 Å². The van der Waals surface area contributed by atoms with E-state index in [1.54, 1.807) is 0 Å². The molecule has 0 spiro atoms. The third-order valence-corrected chi connectivity index (χ3v) is 11.1. The molecule has 0 N–H and O–H groups in total. The molecule has 0 aliphatic carbocycles. The molecule has 1 aliphatic heterocycles. The molecule has 1 saturated heterocycles. The van der Waals surface area contributed by atoms with Gasteiger partial charge in [0.15, 0.2) is 0 Å². The molecule has 3 nitrogen and oxygen atoms in total. The molecule has 106 valence electrons. The molecule has 0 bridgehead atoms. The Bertz CT molecular complexity index is 280. The molecule has 0 saturated carbocycles. The second-order valence-electron chi connectivity index (χ2n) is 7.29. The highest BCUT2D eigenvalue weighted by Gasteiger charge is 2.39. The van der Waals surface area contributed by atoms with Crippen LogP contribution in [-0.2, 0) is 9.53 Å². The minimum atomic E-state index is -1.37. The van der Waals surface area contributed by atoms with Gasteiger partial charge >= 0.3 is 5.97 Å². The van der Waals surface area contributed by atoms with Crippen molar-refractivity contribution in [3.05, 3.63) is 0 Å². The van der Waals surface area contributed by atoms with Crippen LogP contribution in [0, 0.1) is 0 Å². The van der Waals surface area contributed by atoms with E-state index in [0.29, 0.717) is 19.1 Å². The predicted octanol–water partition coefficient (Wildman–Crippen LogP) is 3.44. The van der Waals surface area contributed by atoms with E-state index in [4.69, 9.17) is 4.74 Å². The van der Waals surface area contributed by atoms with Gasteiger partial charge in [-0.2, -0.15) is 0 Å². The van der Waals surface area contributed by atoms with Crippen LogP contribution in [-0.4, -0.2) is 39.3 Å². The number of cyclic esters (lactones) is 1. The summed E-state index contributed by atoms with van der Waals surface area (Å²) >= 11 is 0. The van der Waals surface area contributed by atoms with Gasteiger partial charge in [0.05, 0.1) is 0 Å². The van der Waals surface area contributed by atoms with Gasteiger partial charge in [-0.1, -0.05) is 45.7 Å². The molecule has 1 aliphatic rings. The van der Waals surface area contributed by atoms with Crippen LogP contribution in [0.25, 0.3) is 0 Å². The van der Waals surface area contributed by atoms with E-state index in [2.05, 4.69) is 43.5 Å². The van der Waals surface area contributed by atoms with E-state index < -0.39 is 16.5 Å². The molecule has 5 heteroatoms. The van der Waals surface area contributed by atoms with Crippen molar-refractivity contribution >= 4 is 22.4 Å². The molecule has 1 rings (SSSR count). The first-order chi connectivity index (χ1) is 8.12. The number of carbonyl (C=O) groups is 1. The van der Waals surface area contributed by atoms with Crippen molar-refractivity contribution in [3.8, 4) is 0 Å². The topological polar surface area (TPSA) is 29.5 Å². The second-order valence-corrected chi connectivity index (χ2v) is 17.4. The number of esters is 1. The largest absolute Gasteiger partial charge is 0.464 e. The summed E-state index contributed by atoms with van der Waals surface area (Å²) in [5.74, 6) is -0.00852. The van der Waals surface area contributed by atoms with Crippen LogP contribution in [0.3, 0.4) is 0 Å². The zero-order chi connectivity index (χ0) is 14.0. The molecule has 0 aromatic heterocycles. The lowest BCUT2D eigenvalue weighted by molar-refractivity contribution is -0.145. The first-order valence-corrected chi connectivity index (χ1v) is 14.0. The molecule has 1 fully saturated rings. The average Bonchev–Trinajstić information content (AvgIpc) is 2.12. The normalized spacial score (nSPS) is 23.5. The van der Waals surface area contributed by atoms with Crippen molar-refractivity contribution in [2.45, 2.75) is 71.0 Å². The Morgan fingerprint density at radius 2 is 1.61 bits per heavy atom. The van der Waals surface area contributed by atoms with Gasteiger partial charge in [0.2, 0.25) is 0 Å². The molecule has 0 amide bonds. The van der Waals surface area contributed by atoms with Crippen LogP contribution in [0.2, 0.25) is 39.3 Å². The molecule has 1 unspecified atom stereocenters. The fraction of sp³-hybridized carbons (Fsp3) is 0.923. The third-order valence-electron chi connectivity index (χ3n) is 3.42. The molecule has 1 atom stereocenters. The van der Waals surface area contributed by atoms with Crippen LogP contribution in [0.1, 0.15) is 25.7 Å². The zero-order valence-electron chi connectivity index (χ0n) is 12.9. The quantitative estimate of drug-likeness (QED) is 0.588. The second kappa shape index (κ2) is 5.88. The highest BCUT2D eigenvalue weighted by atomic mass is 28.4. The maximum absolute atomic E-state index is 11.5. The SMILES string of the molecule is C[Si](C)(C)N(C1CCCCC(=O)OC1)[Si](C)(C)C. The Morgan fingerprint density at radius 3 is 2.11 bits per heavy atom. The Morgan fingerprint density at radius 1 is 1.06 bits per heavy atom. The Balaban J connectivity index is 2.87. The van der Waals surface area contributed by atoms with Crippen molar-refractivity contribution in [1.29, 1.82) is 0 Å². The fourth-order valence-electron chi connectivity index (χ4n) is 3.30. The van der Waals surface area contributed by atoms with Gasteiger partial charge in [0, 0.05) is 12.5 Å². The summed E-state index contributed by atoms with van der Waals surface area (Å²) in [6.45, 7) is 15.1. The molecule has 0 radical (unpaired) electrons. The van der Waals surface area contributed by atoms with Gasteiger partial charge < -0.3 is 8.97 Å². The van der Waals surface area contributed by atoms with Crippen molar-refractivity contribution in [1.82, 2.24) is 4.23 Å². The standard InChI is InChI=1S/C13H29NO2Si2/c1-17(2,3)14(18(4,5)6)12-9-7-8-10-13(15)16-11-12/h12H,7-11H2,1-6H3. The summed E-state index contributed by atoms with van der Waals surface area (Å²) in [5.41, 5.74) is 0. The monoisotopic (exact) mass is 287 g/mol. The number of ether oxygens (including phenoxy) is 1. The molecule has 0 aromatic carbocycles. The van der Waals surface area contributed by atoms with Crippen LogP contribution >= 0.6 is 0 Å². The lowest BCUT2D eigenvalue weighted by Crippen LogP contribution is -2.64. The summed E-state index contributed by atoms with van der Waals surface area (Å²) in [5, 5.41) is 0. The number of hydrogen-bond donors (Lipinski definition) is 0. The molecular weight excluding hydrogens is 258 g/mol. The van der Waals surface area contributed by atoms with Gasteiger partial charge in [-0.3, -0.25) is 4.79 Å². The maximum atomic E-state index is 11.5. The van der Waals surface area contributed by atoms with Crippen molar-refractivity contribution in [2.75, 3.05) is 6.61 Å². The minimum absolute atomic E-state index is 0.00852. The Kier molecular flexibility index (Phi) is 5.20. The summed E-state index contributed by atoms with van der Waals surface area (Å²) in [7, 11) is -2.73.